The number of para-hydroxylation sites is 1. The fourth-order valence-electron chi connectivity index (χ4n) is 2.77. The Morgan fingerprint density at radius 1 is 1.25 bits per heavy atom. The van der Waals surface area contributed by atoms with Crippen molar-refractivity contribution in [3.63, 3.8) is 0 Å². The standard InChI is InChI=1S/C17H23N3O3S/c1-19-8-10-20(11-9-19)16(21)6-7-18-17(22)14-12-24-15-5-3-2-4-13(15)23-14/h2-5,14H,6-12H2,1H3,(H,18,22)/t14-/m1/s1. The Labute approximate surface area is 146 Å². The smallest absolute Gasteiger partial charge is 0.261 e. The molecule has 0 bridgehead atoms. The maximum atomic E-state index is 12.2. The zero-order valence-electron chi connectivity index (χ0n) is 13.9. The number of rotatable bonds is 4. The molecule has 130 valence electrons. The van der Waals surface area contributed by atoms with Crippen LogP contribution >= 0.6 is 11.8 Å². The average molecular weight is 349 g/mol. The number of hydrogen-bond acceptors (Lipinski definition) is 5. The van der Waals surface area contributed by atoms with Gasteiger partial charge in [-0.05, 0) is 19.2 Å². The molecule has 0 spiro atoms. The fourth-order valence-corrected chi connectivity index (χ4v) is 3.75. The summed E-state index contributed by atoms with van der Waals surface area (Å²) in [5.41, 5.74) is 0. The number of thioether (sulfide) groups is 1. The quantitative estimate of drug-likeness (QED) is 0.872. The Bertz CT molecular complexity index is 602. The van der Waals surface area contributed by atoms with Crippen molar-refractivity contribution in [1.29, 1.82) is 0 Å². The van der Waals surface area contributed by atoms with Gasteiger partial charge in [0, 0.05) is 49.8 Å². The van der Waals surface area contributed by atoms with Gasteiger partial charge in [0.15, 0.2) is 6.10 Å². The van der Waals surface area contributed by atoms with Crippen LogP contribution in [0.4, 0.5) is 0 Å². The fraction of sp³-hybridized carbons (Fsp3) is 0.529. The SMILES string of the molecule is CN1CCN(C(=O)CCNC(=O)[C@H]2CSc3ccccc3O2)CC1. The van der Waals surface area contributed by atoms with Crippen molar-refractivity contribution in [2.24, 2.45) is 0 Å². The van der Waals surface area contributed by atoms with Crippen molar-refractivity contribution >= 4 is 23.6 Å². The van der Waals surface area contributed by atoms with E-state index >= 15 is 0 Å². The van der Waals surface area contributed by atoms with E-state index < -0.39 is 6.10 Å². The summed E-state index contributed by atoms with van der Waals surface area (Å²) in [4.78, 5) is 29.5. The predicted molar refractivity (Wildman–Crippen MR) is 93.3 cm³/mol. The Morgan fingerprint density at radius 3 is 2.79 bits per heavy atom. The number of benzene rings is 1. The normalized spacial score (nSPS) is 20.9. The summed E-state index contributed by atoms with van der Waals surface area (Å²) in [7, 11) is 2.06. The van der Waals surface area contributed by atoms with Crippen LogP contribution in [0.25, 0.3) is 0 Å². The van der Waals surface area contributed by atoms with Crippen LogP contribution in [-0.2, 0) is 9.59 Å². The summed E-state index contributed by atoms with van der Waals surface area (Å²) in [6, 6.07) is 7.72. The second-order valence-electron chi connectivity index (χ2n) is 6.09. The molecule has 2 aliphatic heterocycles. The van der Waals surface area contributed by atoms with Crippen LogP contribution < -0.4 is 10.1 Å². The van der Waals surface area contributed by atoms with Gasteiger partial charge in [0.2, 0.25) is 5.91 Å². The van der Waals surface area contributed by atoms with Crippen molar-refractivity contribution < 1.29 is 14.3 Å². The minimum Gasteiger partial charge on any atom is -0.479 e. The van der Waals surface area contributed by atoms with Crippen molar-refractivity contribution in [3.8, 4) is 5.75 Å². The maximum absolute atomic E-state index is 12.2. The molecule has 0 radical (unpaired) electrons. The summed E-state index contributed by atoms with van der Waals surface area (Å²) >= 11 is 1.62. The van der Waals surface area contributed by atoms with Crippen molar-refractivity contribution in [2.45, 2.75) is 17.4 Å². The van der Waals surface area contributed by atoms with Crippen molar-refractivity contribution in [3.05, 3.63) is 24.3 Å². The van der Waals surface area contributed by atoms with E-state index in [-0.39, 0.29) is 11.8 Å². The highest BCUT2D eigenvalue weighted by Crippen LogP contribution is 2.34. The van der Waals surface area contributed by atoms with Gasteiger partial charge in [-0.3, -0.25) is 9.59 Å². The summed E-state index contributed by atoms with van der Waals surface area (Å²) < 4.78 is 5.75. The zero-order valence-corrected chi connectivity index (χ0v) is 14.7. The molecule has 1 aromatic rings. The number of carbonyl (C=O) groups excluding carboxylic acids is 2. The number of hydrogen-bond donors (Lipinski definition) is 1. The molecule has 0 aromatic heterocycles. The third-order valence-corrected chi connectivity index (χ3v) is 5.41. The van der Waals surface area contributed by atoms with Gasteiger partial charge in [-0.2, -0.15) is 0 Å². The molecule has 3 rings (SSSR count). The van der Waals surface area contributed by atoms with E-state index in [1.165, 1.54) is 0 Å². The first-order chi connectivity index (χ1) is 11.6. The molecule has 6 nitrogen and oxygen atoms in total. The number of ether oxygens (including phenoxy) is 1. The largest absolute Gasteiger partial charge is 0.479 e. The highest BCUT2D eigenvalue weighted by atomic mass is 32.2. The summed E-state index contributed by atoms with van der Waals surface area (Å²) in [5.74, 6) is 1.30. The van der Waals surface area contributed by atoms with E-state index in [9.17, 15) is 9.59 Å². The van der Waals surface area contributed by atoms with Crippen molar-refractivity contribution in [1.82, 2.24) is 15.1 Å². The molecule has 1 fully saturated rings. The van der Waals surface area contributed by atoms with Crippen LogP contribution in [0.15, 0.2) is 29.2 Å². The number of fused-ring (bicyclic) bond motifs is 1. The van der Waals surface area contributed by atoms with E-state index in [0.717, 1.165) is 36.8 Å². The van der Waals surface area contributed by atoms with Gasteiger partial charge in [-0.25, -0.2) is 0 Å². The second-order valence-corrected chi connectivity index (χ2v) is 7.15. The first-order valence-corrected chi connectivity index (χ1v) is 9.24. The molecule has 1 aromatic carbocycles. The van der Waals surface area contributed by atoms with Crippen molar-refractivity contribution in [2.75, 3.05) is 45.5 Å². The minimum atomic E-state index is -0.497. The summed E-state index contributed by atoms with van der Waals surface area (Å²) in [5, 5.41) is 2.83. The molecule has 0 unspecified atom stereocenters. The van der Waals surface area contributed by atoms with E-state index in [1.54, 1.807) is 11.8 Å². The molecule has 0 saturated carbocycles. The third kappa shape index (κ3) is 4.21. The Kier molecular flexibility index (Phi) is 5.63. The molecule has 1 N–H and O–H groups in total. The van der Waals surface area contributed by atoms with Gasteiger partial charge in [0.25, 0.3) is 5.91 Å². The van der Waals surface area contributed by atoms with Crippen LogP contribution in [0.2, 0.25) is 0 Å². The van der Waals surface area contributed by atoms with E-state index in [2.05, 4.69) is 17.3 Å². The lowest BCUT2D eigenvalue weighted by Gasteiger charge is -2.32. The number of carbonyl (C=O) groups is 2. The molecule has 2 amide bonds. The van der Waals surface area contributed by atoms with Gasteiger partial charge in [-0.15, -0.1) is 11.8 Å². The number of amides is 2. The van der Waals surface area contributed by atoms with Gasteiger partial charge in [-0.1, -0.05) is 12.1 Å². The first kappa shape index (κ1) is 17.1. The monoisotopic (exact) mass is 349 g/mol. The molecule has 1 saturated heterocycles. The maximum Gasteiger partial charge on any atom is 0.261 e. The highest BCUT2D eigenvalue weighted by Gasteiger charge is 2.26. The molecular weight excluding hydrogens is 326 g/mol. The molecule has 2 heterocycles. The second kappa shape index (κ2) is 7.90. The molecular formula is C17H23N3O3S. The zero-order chi connectivity index (χ0) is 16.9. The Balaban J connectivity index is 1.41. The molecule has 1 atom stereocenters. The Morgan fingerprint density at radius 2 is 2.00 bits per heavy atom. The lowest BCUT2D eigenvalue weighted by molar-refractivity contribution is -0.133. The average Bonchev–Trinajstić information content (AvgIpc) is 2.61. The van der Waals surface area contributed by atoms with Crippen LogP contribution in [-0.4, -0.2) is 73.2 Å². The molecule has 0 aliphatic carbocycles. The predicted octanol–water partition coefficient (Wildman–Crippen LogP) is 0.820. The van der Waals surface area contributed by atoms with Crippen LogP contribution in [0.5, 0.6) is 5.75 Å². The first-order valence-electron chi connectivity index (χ1n) is 8.26. The lowest BCUT2D eigenvalue weighted by atomic mass is 10.2. The Hall–Kier alpha value is -1.73. The van der Waals surface area contributed by atoms with Gasteiger partial charge in [0.05, 0.1) is 0 Å². The number of likely N-dealkylation sites (N-methyl/N-ethyl adjacent to an activating group) is 1. The van der Waals surface area contributed by atoms with Crippen LogP contribution in [0, 0.1) is 0 Å². The molecule has 2 aliphatic rings. The van der Waals surface area contributed by atoms with Crippen LogP contribution in [0.3, 0.4) is 0 Å². The van der Waals surface area contributed by atoms with Gasteiger partial charge < -0.3 is 19.9 Å². The van der Waals surface area contributed by atoms with Gasteiger partial charge in [0.1, 0.15) is 5.75 Å². The van der Waals surface area contributed by atoms with Crippen LogP contribution in [0.1, 0.15) is 6.42 Å². The number of nitrogens with one attached hydrogen (secondary N) is 1. The highest BCUT2D eigenvalue weighted by molar-refractivity contribution is 7.99. The topological polar surface area (TPSA) is 61.9 Å². The third-order valence-electron chi connectivity index (χ3n) is 4.30. The number of piperazine rings is 1. The van der Waals surface area contributed by atoms with E-state index in [4.69, 9.17) is 4.74 Å². The lowest BCUT2D eigenvalue weighted by Crippen LogP contribution is -2.48. The van der Waals surface area contributed by atoms with E-state index in [1.807, 2.05) is 29.2 Å². The molecule has 24 heavy (non-hydrogen) atoms. The minimum absolute atomic E-state index is 0.104. The molecule has 7 heteroatoms. The summed E-state index contributed by atoms with van der Waals surface area (Å²) in [6.07, 6.45) is -0.157. The number of nitrogens with zero attached hydrogens (tertiary/aromatic N) is 2. The van der Waals surface area contributed by atoms with Gasteiger partial charge >= 0.3 is 0 Å². The van der Waals surface area contributed by atoms with E-state index in [0.29, 0.717) is 18.7 Å². The summed E-state index contributed by atoms with van der Waals surface area (Å²) in [6.45, 7) is 3.70.